The number of nitrogens with one attached hydrogen (secondary N) is 1. The summed E-state index contributed by atoms with van der Waals surface area (Å²) in [7, 11) is 0. The predicted molar refractivity (Wildman–Crippen MR) is 80.2 cm³/mol. The largest absolute Gasteiger partial charge is 0.365 e. The Morgan fingerprint density at radius 2 is 1.85 bits per heavy atom. The van der Waals surface area contributed by atoms with Crippen LogP contribution in [0.3, 0.4) is 0 Å². The summed E-state index contributed by atoms with van der Waals surface area (Å²) in [5, 5.41) is 5.64. The van der Waals surface area contributed by atoms with E-state index in [1.54, 1.807) is 18.3 Å². The quantitative estimate of drug-likeness (QED) is 0.764. The summed E-state index contributed by atoms with van der Waals surface area (Å²) in [5.74, 6) is 0.651. The number of benzene rings is 2. The lowest BCUT2D eigenvalue weighted by Gasteiger charge is -2.10. The maximum absolute atomic E-state index is 12.9. The van der Waals surface area contributed by atoms with Crippen LogP contribution in [-0.2, 0) is 6.54 Å². The van der Waals surface area contributed by atoms with Gasteiger partial charge in [0.25, 0.3) is 0 Å². The van der Waals surface area contributed by atoms with Crippen LogP contribution in [0.25, 0.3) is 10.8 Å². The lowest BCUT2D eigenvalue weighted by atomic mass is 10.1. The van der Waals surface area contributed by atoms with Gasteiger partial charge in [-0.1, -0.05) is 30.3 Å². The second-order valence-electron chi connectivity index (χ2n) is 4.81. The van der Waals surface area contributed by atoms with Gasteiger partial charge in [-0.25, -0.2) is 9.37 Å². The van der Waals surface area contributed by atoms with Crippen molar-refractivity contribution in [2.24, 2.45) is 0 Å². The van der Waals surface area contributed by atoms with Crippen LogP contribution in [0.5, 0.6) is 0 Å². The predicted octanol–water partition coefficient (Wildman–Crippen LogP) is 4.29. The van der Waals surface area contributed by atoms with E-state index in [9.17, 15) is 4.39 Å². The highest BCUT2D eigenvalue weighted by atomic mass is 19.1. The van der Waals surface area contributed by atoms with Crippen molar-refractivity contribution in [2.75, 3.05) is 5.32 Å². The molecule has 0 saturated heterocycles. The monoisotopic (exact) mass is 266 g/mol. The summed E-state index contributed by atoms with van der Waals surface area (Å²) in [4.78, 5) is 4.42. The Kier molecular flexibility index (Phi) is 3.33. The Hall–Kier alpha value is -2.42. The molecule has 1 N–H and O–H groups in total. The molecule has 2 nitrogen and oxygen atoms in total. The van der Waals surface area contributed by atoms with E-state index in [-0.39, 0.29) is 5.82 Å². The number of hydrogen-bond donors (Lipinski definition) is 1. The molecule has 0 saturated carbocycles. The molecule has 1 aromatic heterocycles. The lowest BCUT2D eigenvalue weighted by Crippen LogP contribution is -2.02. The zero-order valence-corrected chi connectivity index (χ0v) is 11.2. The number of aromatic nitrogens is 1. The molecule has 0 unspecified atom stereocenters. The minimum atomic E-state index is -0.215. The molecule has 3 heteroatoms. The second kappa shape index (κ2) is 5.29. The molecule has 0 aliphatic heterocycles. The third-order valence-electron chi connectivity index (χ3n) is 3.37. The highest BCUT2D eigenvalue weighted by Gasteiger charge is 2.04. The maximum Gasteiger partial charge on any atom is 0.134 e. The van der Waals surface area contributed by atoms with E-state index >= 15 is 0 Å². The van der Waals surface area contributed by atoms with Crippen LogP contribution >= 0.6 is 0 Å². The maximum atomic E-state index is 12.9. The van der Waals surface area contributed by atoms with Gasteiger partial charge in [0.1, 0.15) is 11.6 Å². The first kappa shape index (κ1) is 12.6. The average Bonchev–Trinajstić information content (AvgIpc) is 2.47. The molecule has 3 aromatic rings. The van der Waals surface area contributed by atoms with Gasteiger partial charge in [0.05, 0.1) is 0 Å². The smallest absolute Gasteiger partial charge is 0.134 e. The van der Waals surface area contributed by atoms with Gasteiger partial charge in [-0.05, 0) is 41.6 Å². The molecule has 20 heavy (non-hydrogen) atoms. The van der Waals surface area contributed by atoms with Crippen LogP contribution in [0, 0.1) is 12.7 Å². The molecule has 0 radical (unpaired) electrons. The zero-order chi connectivity index (χ0) is 13.9. The normalized spacial score (nSPS) is 10.7. The summed E-state index contributed by atoms with van der Waals surface area (Å²) in [6, 6.07) is 14.7. The van der Waals surface area contributed by atoms with E-state index in [1.165, 1.54) is 23.1 Å². The molecule has 0 aliphatic carbocycles. The number of aryl methyl sites for hydroxylation is 1. The number of pyridine rings is 1. The first-order valence-corrected chi connectivity index (χ1v) is 6.57. The number of anilines is 1. The van der Waals surface area contributed by atoms with Crippen LogP contribution in [-0.4, -0.2) is 4.98 Å². The van der Waals surface area contributed by atoms with Crippen molar-refractivity contribution in [1.29, 1.82) is 0 Å². The molecule has 3 rings (SSSR count). The Balaban J connectivity index is 1.89. The van der Waals surface area contributed by atoms with Crippen molar-refractivity contribution < 1.29 is 4.39 Å². The molecule has 0 atom stereocenters. The lowest BCUT2D eigenvalue weighted by molar-refractivity contribution is 0.627. The van der Waals surface area contributed by atoms with E-state index in [0.29, 0.717) is 6.54 Å². The molecule has 0 fully saturated rings. The van der Waals surface area contributed by atoms with E-state index in [1.807, 2.05) is 12.1 Å². The Bertz CT molecular complexity index is 730. The standard InChI is InChI=1S/C17H15FN2/c1-12-3-2-4-14-9-10-19-17(16(12)14)20-11-13-5-7-15(18)8-6-13/h2-10H,11H2,1H3,(H,19,20). The highest BCUT2D eigenvalue weighted by molar-refractivity contribution is 5.94. The molecular weight excluding hydrogens is 251 g/mol. The average molecular weight is 266 g/mol. The zero-order valence-electron chi connectivity index (χ0n) is 11.2. The van der Waals surface area contributed by atoms with Gasteiger partial charge in [-0.2, -0.15) is 0 Å². The summed E-state index contributed by atoms with van der Waals surface area (Å²) in [6.07, 6.45) is 1.80. The fourth-order valence-corrected chi connectivity index (χ4v) is 2.33. The van der Waals surface area contributed by atoms with Crippen molar-refractivity contribution in [2.45, 2.75) is 13.5 Å². The summed E-state index contributed by atoms with van der Waals surface area (Å²) >= 11 is 0. The van der Waals surface area contributed by atoms with Gasteiger partial charge >= 0.3 is 0 Å². The van der Waals surface area contributed by atoms with E-state index < -0.39 is 0 Å². The minimum Gasteiger partial charge on any atom is -0.365 e. The van der Waals surface area contributed by atoms with Gasteiger partial charge in [0.15, 0.2) is 0 Å². The number of rotatable bonds is 3. The fraction of sp³-hybridized carbons (Fsp3) is 0.118. The molecular formula is C17H15FN2. The number of nitrogens with zero attached hydrogens (tertiary/aromatic N) is 1. The summed E-state index contributed by atoms with van der Waals surface area (Å²) in [5.41, 5.74) is 2.22. The second-order valence-corrected chi connectivity index (χ2v) is 4.81. The van der Waals surface area contributed by atoms with Gasteiger partial charge in [-0.3, -0.25) is 0 Å². The van der Waals surface area contributed by atoms with E-state index in [4.69, 9.17) is 0 Å². The third kappa shape index (κ3) is 2.48. The molecule has 0 bridgehead atoms. The summed E-state index contributed by atoms with van der Waals surface area (Å²) in [6.45, 7) is 2.70. The molecule has 100 valence electrons. The van der Waals surface area contributed by atoms with E-state index in [0.717, 1.165) is 16.8 Å². The fourth-order valence-electron chi connectivity index (χ4n) is 2.33. The Morgan fingerprint density at radius 1 is 1.05 bits per heavy atom. The summed E-state index contributed by atoms with van der Waals surface area (Å²) < 4.78 is 12.9. The van der Waals surface area contributed by atoms with Crippen LogP contribution in [0.1, 0.15) is 11.1 Å². The molecule has 2 aromatic carbocycles. The molecule has 1 heterocycles. The van der Waals surface area contributed by atoms with Gasteiger partial charge < -0.3 is 5.32 Å². The topological polar surface area (TPSA) is 24.9 Å². The molecule has 0 amide bonds. The third-order valence-corrected chi connectivity index (χ3v) is 3.37. The first-order valence-electron chi connectivity index (χ1n) is 6.57. The van der Waals surface area contributed by atoms with Crippen LogP contribution in [0.4, 0.5) is 10.2 Å². The van der Waals surface area contributed by atoms with E-state index in [2.05, 4.69) is 29.4 Å². The van der Waals surface area contributed by atoms with Crippen LogP contribution < -0.4 is 5.32 Å². The van der Waals surface area contributed by atoms with Gasteiger partial charge in [-0.15, -0.1) is 0 Å². The van der Waals surface area contributed by atoms with Crippen molar-refractivity contribution in [1.82, 2.24) is 4.98 Å². The minimum absolute atomic E-state index is 0.215. The SMILES string of the molecule is Cc1cccc2ccnc(NCc3ccc(F)cc3)c12. The van der Waals surface area contributed by atoms with Gasteiger partial charge in [0, 0.05) is 18.1 Å². The van der Waals surface area contributed by atoms with Crippen molar-refractivity contribution in [3.8, 4) is 0 Å². The number of hydrogen-bond acceptors (Lipinski definition) is 2. The Morgan fingerprint density at radius 3 is 2.65 bits per heavy atom. The van der Waals surface area contributed by atoms with Crippen LogP contribution in [0.15, 0.2) is 54.7 Å². The van der Waals surface area contributed by atoms with Crippen molar-refractivity contribution in [3.05, 3.63) is 71.7 Å². The van der Waals surface area contributed by atoms with Crippen molar-refractivity contribution >= 4 is 16.6 Å². The Labute approximate surface area is 117 Å². The highest BCUT2D eigenvalue weighted by Crippen LogP contribution is 2.24. The number of fused-ring (bicyclic) bond motifs is 1. The number of halogens is 1. The molecule has 0 aliphatic rings. The van der Waals surface area contributed by atoms with Crippen molar-refractivity contribution in [3.63, 3.8) is 0 Å². The first-order chi connectivity index (χ1) is 9.74. The van der Waals surface area contributed by atoms with Gasteiger partial charge in [0.2, 0.25) is 0 Å². The van der Waals surface area contributed by atoms with Crippen LogP contribution in [0.2, 0.25) is 0 Å². The molecule has 0 spiro atoms.